The molecule has 0 aliphatic carbocycles. The van der Waals surface area contributed by atoms with Crippen LogP contribution >= 0.6 is 15.9 Å². The van der Waals surface area contributed by atoms with Crippen LogP contribution in [0.25, 0.3) is 0 Å². The molecular weight excluding hydrogens is 482 g/mol. The van der Waals surface area contributed by atoms with Gasteiger partial charge in [0, 0.05) is 15.6 Å². The van der Waals surface area contributed by atoms with Crippen LogP contribution in [0.5, 0.6) is 5.75 Å². The highest BCUT2D eigenvalue weighted by Crippen LogP contribution is 2.18. The summed E-state index contributed by atoms with van der Waals surface area (Å²) >= 11 is 3.42. The minimum Gasteiger partial charge on any atom is -0.488 e. The van der Waals surface area contributed by atoms with Crippen LogP contribution < -0.4 is 15.5 Å². The maximum Gasteiger partial charge on any atom is 0.262 e. The first kappa shape index (κ1) is 24.2. The summed E-state index contributed by atoms with van der Waals surface area (Å²) in [6.07, 6.45) is 1.53. The van der Waals surface area contributed by atoms with Crippen molar-refractivity contribution in [3.63, 3.8) is 0 Å². The van der Waals surface area contributed by atoms with Crippen molar-refractivity contribution >= 4 is 34.0 Å². The lowest BCUT2D eigenvalue weighted by Crippen LogP contribution is -2.48. The zero-order chi connectivity index (χ0) is 23.6. The second-order valence-corrected chi connectivity index (χ2v) is 8.66. The molecule has 1 unspecified atom stereocenters. The van der Waals surface area contributed by atoms with Crippen molar-refractivity contribution in [2.75, 3.05) is 0 Å². The highest BCUT2D eigenvalue weighted by atomic mass is 79.9. The number of nitrogens with one attached hydrogen (secondary N) is 2. The van der Waals surface area contributed by atoms with Gasteiger partial charge in [-0.15, -0.1) is 0 Å². The fourth-order valence-corrected chi connectivity index (χ4v) is 3.31. The summed E-state index contributed by atoms with van der Waals surface area (Å²) in [6, 6.07) is 23.4. The monoisotopic (exact) mass is 507 g/mol. The molecule has 33 heavy (non-hydrogen) atoms. The quantitative estimate of drug-likeness (QED) is 0.318. The summed E-state index contributed by atoms with van der Waals surface area (Å²) in [6.45, 7) is 4.14. The van der Waals surface area contributed by atoms with Crippen LogP contribution in [0, 0.1) is 5.92 Å². The average molecular weight is 508 g/mol. The summed E-state index contributed by atoms with van der Waals surface area (Å²) in [7, 11) is 0. The number of nitrogens with zero attached hydrogens (tertiary/aromatic N) is 1. The molecule has 0 saturated heterocycles. The highest BCUT2D eigenvalue weighted by molar-refractivity contribution is 9.10. The van der Waals surface area contributed by atoms with Gasteiger partial charge in [0.25, 0.3) is 11.8 Å². The molecule has 0 spiro atoms. The molecule has 2 amide bonds. The van der Waals surface area contributed by atoms with Crippen LogP contribution in [-0.4, -0.2) is 24.1 Å². The third kappa shape index (κ3) is 7.29. The molecule has 0 aromatic heterocycles. The first-order valence-corrected chi connectivity index (χ1v) is 11.4. The molecule has 3 rings (SSSR count). The number of carbonyl (C=O) groups is 2. The van der Waals surface area contributed by atoms with Gasteiger partial charge in [0.05, 0.1) is 6.21 Å². The Labute approximate surface area is 202 Å². The standard InChI is InChI=1S/C26H26BrN3O3/c1-18(2)24(29-25(31)20-8-4-3-5-9-20)26(32)30-28-16-21-10-6-7-11-23(21)33-17-19-12-14-22(27)15-13-19/h3-16,18,24H,17H2,1-2H3,(H,29,31)(H,30,32). The number of hydrazone groups is 1. The van der Waals surface area contributed by atoms with Gasteiger partial charge in [0.15, 0.2) is 0 Å². The molecular formula is C26H26BrN3O3. The number of hydrogen-bond donors (Lipinski definition) is 2. The van der Waals surface area contributed by atoms with Crippen molar-refractivity contribution in [3.05, 3.63) is 100 Å². The fraction of sp³-hybridized carbons (Fsp3) is 0.192. The molecule has 3 aromatic rings. The Morgan fingerprint density at radius 3 is 2.33 bits per heavy atom. The van der Waals surface area contributed by atoms with Gasteiger partial charge in [-0.2, -0.15) is 5.10 Å². The number of carbonyl (C=O) groups excluding carboxylic acids is 2. The van der Waals surface area contributed by atoms with E-state index in [9.17, 15) is 9.59 Å². The zero-order valence-electron chi connectivity index (χ0n) is 18.5. The van der Waals surface area contributed by atoms with Crippen molar-refractivity contribution < 1.29 is 14.3 Å². The van der Waals surface area contributed by atoms with Crippen molar-refractivity contribution in [2.45, 2.75) is 26.5 Å². The Kier molecular flexibility index (Phi) is 8.78. The van der Waals surface area contributed by atoms with Crippen LogP contribution in [0.3, 0.4) is 0 Å². The molecule has 3 aromatic carbocycles. The fourth-order valence-electron chi connectivity index (χ4n) is 3.04. The molecule has 0 fully saturated rings. The molecule has 1 atom stereocenters. The first-order chi connectivity index (χ1) is 15.9. The van der Waals surface area contributed by atoms with Gasteiger partial charge in [-0.25, -0.2) is 5.43 Å². The Bertz CT molecular complexity index is 1100. The van der Waals surface area contributed by atoms with E-state index in [0.717, 1.165) is 15.6 Å². The van der Waals surface area contributed by atoms with Crippen LogP contribution in [0.4, 0.5) is 0 Å². The maximum absolute atomic E-state index is 12.7. The SMILES string of the molecule is CC(C)C(NC(=O)c1ccccc1)C(=O)NN=Cc1ccccc1OCc1ccc(Br)cc1. The van der Waals surface area contributed by atoms with Crippen LogP contribution in [0.2, 0.25) is 0 Å². The predicted octanol–water partition coefficient (Wildman–Crippen LogP) is 4.93. The van der Waals surface area contributed by atoms with Crippen molar-refractivity contribution in [1.29, 1.82) is 0 Å². The Balaban J connectivity index is 1.61. The number of halogens is 1. The highest BCUT2D eigenvalue weighted by Gasteiger charge is 2.24. The minimum atomic E-state index is -0.723. The van der Waals surface area contributed by atoms with E-state index in [2.05, 4.69) is 31.8 Å². The van der Waals surface area contributed by atoms with Crippen molar-refractivity contribution in [2.24, 2.45) is 11.0 Å². The number of ether oxygens (including phenoxy) is 1. The summed E-state index contributed by atoms with van der Waals surface area (Å²) in [5.41, 5.74) is 4.79. The average Bonchev–Trinajstić information content (AvgIpc) is 2.83. The van der Waals surface area contributed by atoms with Gasteiger partial charge in [0.2, 0.25) is 0 Å². The zero-order valence-corrected chi connectivity index (χ0v) is 20.1. The Hall–Kier alpha value is -3.45. The first-order valence-electron chi connectivity index (χ1n) is 10.6. The number of hydrogen-bond acceptors (Lipinski definition) is 4. The molecule has 0 aliphatic heterocycles. The number of amides is 2. The van der Waals surface area contributed by atoms with Crippen LogP contribution in [0.1, 0.15) is 35.3 Å². The normalized spacial score (nSPS) is 11.9. The van der Waals surface area contributed by atoms with Crippen molar-refractivity contribution in [3.8, 4) is 5.75 Å². The molecule has 2 N–H and O–H groups in total. The topological polar surface area (TPSA) is 79.8 Å². The van der Waals surface area contributed by atoms with Crippen LogP contribution in [0.15, 0.2) is 88.4 Å². The summed E-state index contributed by atoms with van der Waals surface area (Å²) in [5.74, 6) is -0.162. The number of rotatable bonds is 9. The van der Waals surface area contributed by atoms with Gasteiger partial charge in [-0.05, 0) is 47.9 Å². The van der Waals surface area contributed by atoms with E-state index < -0.39 is 11.9 Å². The molecule has 0 bridgehead atoms. The molecule has 0 heterocycles. The van der Waals surface area contributed by atoms with Crippen LogP contribution in [-0.2, 0) is 11.4 Å². The predicted molar refractivity (Wildman–Crippen MR) is 133 cm³/mol. The van der Waals surface area contributed by atoms with E-state index in [1.807, 2.05) is 68.4 Å². The second-order valence-electron chi connectivity index (χ2n) is 7.75. The van der Waals surface area contributed by atoms with E-state index in [-0.39, 0.29) is 11.8 Å². The molecule has 0 saturated carbocycles. The lowest BCUT2D eigenvalue weighted by Gasteiger charge is -2.20. The largest absolute Gasteiger partial charge is 0.488 e. The summed E-state index contributed by atoms with van der Waals surface area (Å²) < 4.78 is 6.94. The number of benzene rings is 3. The van der Waals surface area contributed by atoms with Gasteiger partial charge in [-0.3, -0.25) is 9.59 Å². The lowest BCUT2D eigenvalue weighted by molar-refractivity contribution is -0.123. The third-order valence-electron chi connectivity index (χ3n) is 4.88. The van der Waals surface area contributed by atoms with Gasteiger partial charge >= 0.3 is 0 Å². The van der Waals surface area contributed by atoms with E-state index >= 15 is 0 Å². The number of para-hydroxylation sites is 1. The lowest BCUT2D eigenvalue weighted by atomic mass is 10.0. The smallest absolute Gasteiger partial charge is 0.262 e. The molecule has 0 radical (unpaired) electrons. The maximum atomic E-state index is 12.7. The summed E-state index contributed by atoms with van der Waals surface area (Å²) in [4.78, 5) is 25.2. The van der Waals surface area contributed by atoms with Crippen molar-refractivity contribution in [1.82, 2.24) is 10.7 Å². The van der Waals surface area contributed by atoms with Gasteiger partial charge < -0.3 is 10.1 Å². The second kappa shape index (κ2) is 12.0. The van der Waals surface area contributed by atoms with Gasteiger partial charge in [-0.1, -0.05) is 72.2 Å². The minimum absolute atomic E-state index is 0.116. The van der Waals surface area contributed by atoms with E-state index in [1.165, 1.54) is 6.21 Å². The Morgan fingerprint density at radius 1 is 0.970 bits per heavy atom. The van der Waals surface area contributed by atoms with Gasteiger partial charge in [0.1, 0.15) is 18.4 Å². The van der Waals surface area contributed by atoms with E-state index in [0.29, 0.717) is 17.9 Å². The third-order valence-corrected chi connectivity index (χ3v) is 5.41. The summed E-state index contributed by atoms with van der Waals surface area (Å²) in [5, 5.41) is 6.87. The Morgan fingerprint density at radius 2 is 1.64 bits per heavy atom. The molecule has 0 aliphatic rings. The molecule has 6 nitrogen and oxygen atoms in total. The molecule has 7 heteroatoms. The van der Waals surface area contributed by atoms with E-state index in [1.54, 1.807) is 24.3 Å². The molecule has 170 valence electrons. The van der Waals surface area contributed by atoms with E-state index in [4.69, 9.17) is 4.74 Å².